The van der Waals surface area contributed by atoms with Crippen LogP contribution in [0.3, 0.4) is 0 Å². The molecule has 0 aliphatic carbocycles. The third-order valence-electron chi connectivity index (χ3n) is 0.961. The molecule has 0 radical (unpaired) electrons. The fourth-order valence-electron chi connectivity index (χ4n) is 0.478. The fraction of sp³-hybridized carbons (Fsp3) is 0. The maximum atomic E-state index is 4.47. The summed E-state index contributed by atoms with van der Waals surface area (Å²) >= 11 is 0. The molecule has 0 aliphatic heterocycles. The van der Waals surface area contributed by atoms with Crippen molar-refractivity contribution in [2.75, 3.05) is 0 Å². The number of aromatic nitrogens is 6. The molecule has 0 aromatic carbocycles. The van der Waals surface area contributed by atoms with Crippen LogP contribution in [0.4, 0.5) is 0 Å². The standard InChI is InChI=1S/C3H3NO.C2H3N3.C2H2N2O/c1-2-5-3-4-1;1-3-2-5-4-1;1-2-5-4-3-1/h1-3H;1-2H,(H,3,4,5);1-2H. The van der Waals surface area contributed by atoms with E-state index in [1.54, 1.807) is 6.20 Å². The average Bonchev–Trinajstić information content (AvgIpc) is 3.09. The highest BCUT2D eigenvalue weighted by atomic mass is 16.5. The molecule has 3 heterocycles. The Hall–Kier alpha value is -2.51. The topological polar surface area (TPSA) is 107 Å². The van der Waals surface area contributed by atoms with E-state index < -0.39 is 0 Å². The second-order valence-corrected chi connectivity index (χ2v) is 1.92. The van der Waals surface area contributed by atoms with Gasteiger partial charge in [0, 0.05) is 5.27 Å². The Bertz CT molecular complexity index is 253. The van der Waals surface area contributed by atoms with Crippen LogP contribution in [0.5, 0.6) is 0 Å². The highest BCUT2D eigenvalue weighted by Crippen LogP contribution is 1.72. The van der Waals surface area contributed by atoms with Crippen molar-refractivity contribution in [3.05, 3.63) is 44.0 Å². The smallest absolute Gasteiger partial charge is 0.180 e. The van der Waals surface area contributed by atoms with Crippen molar-refractivity contribution in [2.45, 2.75) is 0 Å². The maximum Gasteiger partial charge on any atom is 0.180 e. The molecule has 0 spiro atoms. The largest absolute Gasteiger partial charge is 0.452 e. The molecule has 8 heteroatoms. The second-order valence-electron chi connectivity index (χ2n) is 1.92. The number of rotatable bonds is 0. The van der Waals surface area contributed by atoms with Crippen LogP contribution in [0.1, 0.15) is 0 Å². The lowest BCUT2D eigenvalue weighted by molar-refractivity contribution is 0.393. The van der Waals surface area contributed by atoms with Crippen LogP contribution in [-0.4, -0.2) is 30.5 Å². The van der Waals surface area contributed by atoms with Crippen LogP contribution < -0.4 is 0 Å². The molecule has 3 rings (SSSR count). The third kappa shape index (κ3) is 6.63. The van der Waals surface area contributed by atoms with Gasteiger partial charge in [0.1, 0.15) is 25.2 Å². The summed E-state index contributed by atoms with van der Waals surface area (Å²) in [4.78, 5) is 7.11. The summed E-state index contributed by atoms with van der Waals surface area (Å²) in [5.74, 6) is 0. The summed E-state index contributed by atoms with van der Waals surface area (Å²) in [5, 5.41) is 12.4. The highest BCUT2D eigenvalue weighted by molar-refractivity contribution is 4.56. The number of oxazole rings is 1. The van der Waals surface area contributed by atoms with Crippen LogP contribution in [0.2, 0.25) is 0 Å². The predicted molar refractivity (Wildman–Crippen MR) is 47.2 cm³/mol. The SMILES string of the molecule is c1cocn1.c1conn1.c1nc[nH]n1. The highest BCUT2D eigenvalue weighted by Gasteiger charge is 1.61. The van der Waals surface area contributed by atoms with E-state index >= 15 is 0 Å². The van der Waals surface area contributed by atoms with E-state index in [0.29, 0.717) is 0 Å². The molecule has 8 nitrogen and oxygen atoms in total. The van der Waals surface area contributed by atoms with Gasteiger partial charge in [-0.2, -0.15) is 5.10 Å². The molecule has 78 valence electrons. The first kappa shape index (κ1) is 10.6. The van der Waals surface area contributed by atoms with E-state index in [2.05, 4.69) is 39.5 Å². The fourth-order valence-corrected chi connectivity index (χ4v) is 0.478. The second kappa shape index (κ2) is 8.10. The molecule has 0 aliphatic rings. The van der Waals surface area contributed by atoms with Crippen molar-refractivity contribution >= 4 is 0 Å². The number of hydrogen-bond acceptors (Lipinski definition) is 7. The van der Waals surface area contributed by atoms with E-state index in [-0.39, 0.29) is 0 Å². The summed E-state index contributed by atoms with van der Waals surface area (Å²) in [7, 11) is 0. The molecule has 0 saturated heterocycles. The Balaban J connectivity index is 0.000000112. The van der Waals surface area contributed by atoms with Gasteiger partial charge in [0.05, 0.1) is 12.4 Å². The molecule has 0 atom stereocenters. The quantitative estimate of drug-likeness (QED) is 0.574. The molecular formula is C7H8N6O2. The minimum Gasteiger partial charge on any atom is -0.452 e. The van der Waals surface area contributed by atoms with E-state index in [9.17, 15) is 0 Å². The van der Waals surface area contributed by atoms with Crippen molar-refractivity contribution in [1.82, 2.24) is 30.5 Å². The Morgan fingerprint density at radius 2 is 2.07 bits per heavy atom. The third-order valence-corrected chi connectivity index (χ3v) is 0.961. The first-order valence-corrected chi connectivity index (χ1v) is 3.82. The molecule has 15 heavy (non-hydrogen) atoms. The monoisotopic (exact) mass is 208 g/mol. The zero-order valence-electron chi connectivity index (χ0n) is 7.59. The minimum atomic E-state index is 1.38. The van der Waals surface area contributed by atoms with Gasteiger partial charge in [-0.3, -0.25) is 5.10 Å². The van der Waals surface area contributed by atoms with E-state index in [4.69, 9.17) is 0 Å². The van der Waals surface area contributed by atoms with E-state index in [1.165, 1.54) is 37.8 Å². The molecule has 0 saturated carbocycles. The van der Waals surface area contributed by atoms with Gasteiger partial charge in [-0.1, -0.05) is 0 Å². The number of nitrogens with one attached hydrogen (secondary N) is 1. The number of nitrogens with zero attached hydrogens (tertiary/aromatic N) is 5. The molecule has 0 unspecified atom stereocenters. The van der Waals surface area contributed by atoms with Crippen LogP contribution in [0, 0.1) is 0 Å². The Labute approximate surface area is 84.3 Å². The number of H-pyrrole nitrogens is 1. The molecular weight excluding hydrogens is 200 g/mol. The Morgan fingerprint density at radius 3 is 2.27 bits per heavy atom. The van der Waals surface area contributed by atoms with E-state index in [0.717, 1.165) is 0 Å². The summed E-state index contributed by atoms with van der Waals surface area (Å²) in [6.07, 6.45) is 10.3. The van der Waals surface area contributed by atoms with Crippen molar-refractivity contribution in [2.24, 2.45) is 0 Å². The van der Waals surface area contributed by atoms with Gasteiger partial charge in [-0.15, -0.1) is 5.10 Å². The summed E-state index contributed by atoms with van der Waals surface area (Å²) in [6, 6.07) is 0. The molecule has 0 amide bonds. The number of hydrogen-bond donors (Lipinski definition) is 1. The summed E-state index contributed by atoms with van der Waals surface area (Å²) in [5.41, 5.74) is 0. The predicted octanol–water partition coefficient (Wildman–Crippen LogP) is 0.549. The van der Waals surface area contributed by atoms with Gasteiger partial charge in [0.25, 0.3) is 0 Å². The Morgan fingerprint density at radius 1 is 1.07 bits per heavy atom. The zero-order valence-corrected chi connectivity index (χ0v) is 7.59. The van der Waals surface area contributed by atoms with Crippen molar-refractivity contribution in [3.8, 4) is 0 Å². The van der Waals surface area contributed by atoms with Crippen molar-refractivity contribution < 1.29 is 8.94 Å². The minimum absolute atomic E-state index is 1.38. The Kier molecular flexibility index (Phi) is 5.71. The summed E-state index contributed by atoms with van der Waals surface area (Å²) in [6.45, 7) is 0. The lowest BCUT2D eigenvalue weighted by atomic mass is 11.0. The molecule has 1 N–H and O–H groups in total. The lowest BCUT2D eigenvalue weighted by Gasteiger charge is -1.47. The van der Waals surface area contributed by atoms with Gasteiger partial charge < -0.3 is 8.94 Å². The van der Waals surface area contributed by atoms with E-state index in [1.807, 2.05) is 0 Å². The first-order valence-electron chi connectivity index (χ1n) is 3.82. The molecule has 3 aromatic heterocycles. The maximum absolute atomic E-state index is 4.47. The summed E-state index contributed by atoms with van der Waals surface area (Å²) < 4.78 is 8.69. The van der Waals surface area contributed by atoms with Gasteiger partial charge >= 0.3 is 0 Å². The normalized spacial score (nSPS) is 8.00. The van der Waals surface area contributed by atoms with Crippen molar-refractivity contribution in [1.29, 1.82) is 0 Å². The van der Waals surface area contributed by atoms with Crippen molar-refractivity contribution in [3.63, 3.8) is 0 Å². The lowest BCUT2D eigenvalue weighted by Crippen LogP contribution is -1.53. The van der Waals surface area contributed by atoms with Crippen LogP contribution >= 0.6 is 0 Å². The molecule has 0 bridgehead atoms. The van der Waals surface area contributed by atoms with Gasteiger partial charge in [0.2, 0.25) is 0 Å². The first-order chi connectivity index (χ1) is 7.50. The van der Waals surface area contributed by atoms with Crippen LogP contribution in [-0.2, 0) is 0 Å². The van der Waals surface area contributed by atoms with Crippen LogP contribution in [0.25, 0.3) is 0 Å². The van der Waals surface area contributed by atoms with Gasteiger partial charge in [0.15, 0.2) is 6.39 Å². The number of aromatic amines is 1. The van der Waals surface area contributed by atoms with Crippen LogP contribution in [0.15, 0.2) is 52.9 Å². The molecule has 3 aromatic rings. The van der Waals surface area contributed by atoms with Gasteiger partial charge in [-0.25, -0.2) is 9.97 Å². The van der Waals surface area contributed by atoms with Gasteiger partial charge in [-0.05, 0) is 0 Å². The molecule has 0 fully saturated rings. The zero-order chi connectivity index (χ0) is 10.6. The average molecular weight is 208 g/mol.